The van der Waals surface area contributed by atoms with Crippen molar-refractivity contribution in [1.82, 2.24) is 19.7 Å². The maximum atomic E-state index is 13.1. The first-order valence-electron chi connectivity index (χ1n) is 11.8. The van der Waals surface area contributed by atoms with E-state index in [-0.39, 0.29) is 12.7 Å². The highest BCUT2D eigenvalue weighted by Crippen LogP contribution is 2.33. The van der Waals surface area contributed by atoms with Crippen LogP contribution in [0.5, 0.6) is 11.5 Å². The first-order valence-corrected chi connectivity index (χ1v) is 12.8. The molecule has 9 heteroatoms. The maximum Gasteiger partial charge on any atom is 0.233 e. The number of para-hydroxylation sites is 1. The maximum absolute atomic E-state index is 13.1. The van der Waals surface area contributed by atoms with Crippen molar-refractivity contribution in [3.8, 4) is 17.2 Å². The second-order valence-electron chi connectivity index (χ2n) is 8.39. The summed E-state index contributed by atoms with van der Waals surface area (Å²) in [7, 11) is 0. The molecule has 2 aliphatic heterocycles. The van der Waals surface area contributed by atoms with Crippen LogP contribution in [0, 0.1) is 0 Å². The topological polar surface area (TPSA) is 72.7 Å². The number of nitrogens with zero attached hydrogens (tertiary/aromatic N) is 5. The molecule has 5 rings (SSSR count). The van der Waals surface area contributed by atoms with Crippen LogP contribution in [0.2, 0.25) is 0 Å². The zero-order valence-corrected chi connectivity index (χ0v) is 20.2. The van der Waals surface area contributed by atoms with Crippen molar-refractivity contribution in [3.63, 3.8) is 0 Å². The summed E-state index contributed by atoms with van der Waals surface area (Å²) in [5.41, 5.74) is 2.03. The van der Waals surface area contributed by atoms with Gasteiger partial charge in [-0.25, -0.2) is 0 Å². The number of anilines is 1. The third-order valence-corrected chi connectivity index (χ3v) is 7.05. The number of aromatic nitrogens is 3. The fourth-order valence-electron chi connectivity index (χ4n) is 4.31. The molecule has 0 spiro atoms. The Bertz CT molecular complexity index is 1130. The quantitative estimate of drug-likeness (QED) is 0.450. The van der Waals surface area contributed by atoms with Crippen LogP contribution in [-0.4, -0.2) is 57.8 Å². The van der Waals surface area contributed by atoms with Gasteiger partial charge in [-0.05, 0) is 56.0 Å². The molecule has 0 atom stereocenters. The predicted octanol–water partition coefficient (Wildman–Crippen LogP) is 4.13. The van der Waals surface area contributed by atoms with Crippen LogP contribution < -0.4 is 14.4 Å². The third-order valence-electron chi connectivity index (χ3n) is 6.14. The number of rotatable bonds is 8. The van der Waals surface area contributed by atoms with Gasteiger partial charge in [0.15, 0.2) is 16.7 Å². The fraction of sp³-hybridized carbons (Fsp3) is 0.400. The van der Waals surface area contributed by atoms with E-state index >= 15 is 0 Å². The van der Waals surface area contributed by atoms with Crippen molar-refractivity contribution in [3.05, 3.63) is 54.1 Å². The van der Waals surface area contributed by atoms with Gasteiger partial charge in [0.25, 0.3) is 0 Å². The lowest BCUT2D eigenvalue weighted by atomic mass is 10.1. The summed E-state index contributed by atoms with van der Waals surface area (Å²) >= 11 is 1.44. The molecule has 1 saturated heterocycles. The van der Waals surface area contributed by atoms with E-state index in [0.717, 1.165) is 59.8 Å². The molecule has 178 valence electrons. The molecular formula is C25H29N5O3S. The van der Waals surface area contributed by atoms with Crippen LogP contribution in [0.25, 0.3) is 5.69 Å². The number of carbonyl (C=O) groups excluding carboxylic acids is 1. The summed E-state index contributed by atoms with van der Waals surface area (Å²) in [6, 6.07) is 16.0. The zero-order valence-electron chi connectivity index (χ0n) is 19.4. The van der Waals surface area contributed by atoms with E-state index in [0.29, 0.717) is 18.8 Å². The Kier molecular flexibility index (Phi) is 6.89. The van der Waals surface area contributed by atoms with E-state index in [4.69, 9.17) is 9.47 Å². The molecule has 0 radical (unpaired) electrons. The number of ether oxygens (including phenoxy) is 2. The Labute approximate surface area is 203 Å². The van der Waals surface area contributed by atoms with Crippen molar-refractivity contribution in [1.29, 1.82) is 0 Å². The molecule has 34 heavy (non-hydrogen) atoms. The molecule has 3 heterocycles. The molecule has 0 saturated carbocycles. The van der Waals surface area contributed by atoms with E-state index in [1.807, 2.05) is 48.2 Å². The van der Waals surface area contributed by atoms with Gasteiger partial charge in [0.05, 0.1) is 11.4 Å². The van der Waals surface area contributed by atoms with Gasteiger partial charge < -0.3 is 19.3 Å². The second kappa shape index (κ2) is 10.4. The van der Waals surface area contributed by atoms with Crippen LogP contribution in [0.4, 0.5) is 5.95 Å². The molecule has 0 N–H and O–H groups in total. The lowest BCUT2D eigenvalue weighted by molar-refractivity contribution is -0.128. The Morgan fingerprint density at radius 3 is 2.62 bits per heavy atom. The molecule has 0 aliphatic carbocycles. The van der Waals surface area contributed by atoms with E-state index < -0.39 is 0 Å². The average Bonchev–Trinajstić information content (AvgIpc) is 3.53. The van der Waals surface area contributed by atoms with Crippen molar-refractivity contribution in [2.45, 2.75) is 37.9 Å². The molecular weight excluding hydrogens is 450 g/mol. The normalized spacial score (nSPS) is 14.9. The minimum Gasteiger partial charge on any atom is -0.454 e. The summed E-state index contributed by atoms with van der Waals surface area (Å²) in [6.07, 6.45) is 3.57. The first-order chi connectivity index (χ1) is 16.7. The summed E-state index contributed by atoms with van der Waals surface area (Å²) in [5, 5.41) is 9.74. The molecule has 1 aromatic heterocycles. The number of hydrogen-bond donors (Lipinski definition) is 0. The highest BCUT2D eigenvalue weighted by atomic mass is 32.2. The summed E-state index contributed by atoms with van der Waals surface area (Å²) in [4.78, 5) is 17.3. The van der Waals surface area contributed by atoms with E-state index in [1.165, 1.54) is 18.2 Å². The van der Waals surface area contributed by atoms with Crippen molar-refractivity contribution in [2.75, 3.05) is 37.1 Å². The van der Waals surface area contributed by atoms with Gasteiger partial charge in [-0.15, -0.1) is 10.2 Å². The van der Waals surface area contributed by atoms with Gasteiger partial charge in [-0.1, -0.05) is 36.0 Å². The number of thioether (sulfide) groups is 1. The molecule has 8 nitrogen and oxygen atoms in total. The lowest BCUT2D eigenvalue weighted by Crippen LogP contribution is -2.32. The average molecular weight is 480 g/mol. The molecule has 2 aliphatic rings. The molecule has 0 bridgehead atoms. The van der Waals surface area contributed by atoms with Crippen LogP contribution in [0.3, 0.4) is 0 Å². The third kappa shape index (κ3) is 4.84. The van der Waals surface area contributed by atoms with Crippen molar-refractivity contribution in [2.24, 2.45) is 0 Å². The smallest absolute Gasteiger partial charge is 0.233 e. The molecule has 0 unspecified atom stereocenters. The highest BCUT2D eigenvalue weighted by molar-refractivity contribution is 7.99. The minimum atomic E-state index is 0.0623. The number of fused-ring (bicyclic) bond motifs is 1. The van der Waals surface area contributed by atoms with Gasteiger partial charge in [-0.2, -0.15) is 0 Å². The number of benzene rings is 2. The fourth-order valence-corrected chi connectivity index (χ4v) is 5.16. The minimum absolute atomic E-state index is 0.0623. The van der Waals surface area contributed by atoms with Gasteiger partial charge in [0.2, 0.25) is 18.6 Å². The Morgan fingerprint density at radius 1 is 1.03 bits per heavy atom. The van der Waals surface area contributed by atoms with Gasteiger partial charge in [0, 0.05) is 26.2 Å². The predicted molar refractivity (Wildman–Crippen MR) is 132 cm³/mol. The van der Waals surface area contributed by atoms with Gasteiger partial charge in [0.1, 0.15) is 0 Å². The van der Waals surface area contributed by atoms with Crippen LogP contribution in [-0.2, 0) is 11.3 Å². The summed E-state index contributed by atoms with van der Waals surface area (Å²) in [5.74, 6) is 2.69. The largest absolute Gasteiger partial charge is 0.454 e. The Morgan fingerprint density at radius 2 is 1.82 bits per heavy atom. The highest BCUT2D eigenvalue weighted by Gasteiger charge is 2.23. The monoisotopic (exact) mass is 479 g/mol. The number of piperidine rings is 1. The van der Waals surface area contributed by atoms with Crippen molar-refractivity contribution < 1.29 is 14.3 Å². The summed E-state index contributed by atoms with van der Waals surface area (Å²) in [6.45, 7) is 5.35. The standard InChI is InChI=1S/C25H29N5O3S/c1-2-28(16-19-11-12-21-22(15-19)33-18-32-21)23(31)17-34-25-27-26-24(29-13-7-4-8-14-29)30(25)20-9-5-3-6-10-20/h3,5-6,9-12,15H,2,4,7-8,13-14,16-18H2,1H3. The number of amides is 1. The molecule has 2 aromatic carbocycles. The molecule has 3 aromatic rings. The van der Waals surface area contributed by atoms with Gasteiger partial charge >= 0.3 is 0 Å². The Balaban J connectivity index is 1.30. The van der Waals surface area contributed by atoms with Gasteiger partial charge in [-0.3, -0.25) is 9.36 Å². The Hall–Kier alpha value is -3.20. The first kappa shape index (κ1) is 22.6. The lowest BCUT2D eigenvalue weighted by Gasteiger charge is -2.27. The van der Waals surface area contributed by atoms with E-state index in [2.05, 4.69) is 31.8 Å². The van der Waals surface area contributed by atoms with Crippen molar-refractivity contribution >= 4 is 23.6 Å². The summed E-state index contributed by atoms with van der Waals surface area (Å²) < 4.78 is 12.9. The number of carbonyl (C=O) groups is 1. The van der Waals surface area contributed by atoms with E-state index in [9.17, 15) is 4.79 Å². The van der Waals surface area contributed by atoms with E-state index in [1.54, 1.807) is 0 Å². The zero-order chi connectivity index (χ0) is 23.3. The number of hydrogen-bond acceptors (Lipinski definition) is 7. The molecule has 1 fully saturated rings. The SMILES string of the molecule is CCN(Cc1ccc2c(c1)OCO2)C(=O)CSc1nnc(N2CCCCC2)n1-c1ccccc1. The van der Waals surface area contributed by atoms with Crippen LogP contribution >= 0.6 is 11.8 Å². The molecule has 1 amide bonds. The second-order valence-corrected chi connectivity index (χ2v) is 9.33. The van der Waals surface area contributed by atoms with Crippen LogP contribution in [0.1, 0.15) is 31.7 Å². The van der Waals surface area contributed by atoms with Crippen LogP contribution in [0.15, 0.2) is 53.7 Å².